The van der Waals surface area contributed by atoms with Crippen LogP contribution in [0.3, 0.4) is 0 Å². The Balaban J connectivity index is 1.65. The molecule has 0 bridgehead atoms. The molecule has 2 atom stereocenters. The van der Waals surface area contributed by atoms with E-state index in [1.54, 1.807) is 44.3 Å². The zero-order valence-corrected chi connectivity index (χ0v) is 17.9. The van der Waals surface area contributed by atoms with Gasteiger partial charge in [-0.3, -0.25) is 9.59 Å². The molecule has 2 amide bonds. The van der Waals surface area contributed by atoms with Gasteiger partial charge in [-0.1, -0.05) is 18.2 Å². The van der Waals surface area contributed by atoms with Gasteiger partial charge in [-0.2, -0.15) is 0 Å². The molecule has 0 aliphatic carbocycles. The van der Waals surface area contributed by atoms with Gasteiger partial charge < -0.3 is 24.6 Å². The number of amides is 2. The van der Waals surface area contributed by atoms with Crippen molar-refractivity contribution >= 4 is 17.5 Å². The molecule has 1 heterocycles. The predicted molar refractivity (Wildman–Crippen MR) is 116 cm³/mol. The topological polar surface area (TPSA) is 71.1 Å². The first-order valence-electron chi connectivity index (χ1n) is 10.00. The third-order valence-corrected chi connectivity index (χ3v) is 5.19. The third kappa shape index (κ3) is 5.17. The molecule has 160 valence electrons. The SMILES string of the molecule is COc1cccc(C(C)NCC2CN(c3cccc(C(=O)N(C)C)c3)C(=O)CO2)c1. The minimum absolute atomic E-state index is 0.0196. The van der Waals surface area contributed by atoms with Gasteiger partial charge >= 0.3 is 0 Å². The Morgan fingerprint density at radius 1 is 1.27 bits per heavy atom. The first-order valence-corrected chi connectivity index (χ1v) is 10.00. The van der Waals surface area contributed by atoms with E-state index in [1.807, 2.05) is 30.3 Å². The molecule has 2 aromatic rings. The third-order valence-electron chi connectivity index (χ3n) is 5.19. The number of benzene rings is 2. The number of anilines is 1. The highest BCUT2D eigenvalue weighted by Crippen LogP contribution is 2.22. The molecule has 3 rings (SSSR count). The van der Waals surface area contributed by atoms with Crippen LogP contribution in [0.5, 0.6) is 5.75 Å². The maximum absolute atomic E-state index is 12.5. The molecule has 1 aliphatic rings. The number of morpholine rings is 1. The van der Waals surface area contributed by atoms with Crippen LogP contribution >= 0.6 is 0 Å². The Morgan fingerprint density at radius 3 is 2.77 bits per heavy atom. The Morgan fingerprint density at radius 2 is 2.03 bits per heavy atom. The molecule has 7 heteroatoms. The van der Waals surface area contributed by atoms with Gasteiger partial charge in [0, 0.05) is 37.9 Å². The van der Waals surface area contributed by atoms with Crippen LogP contribution < -0.4 is 15.0 Å². The van der Waals surface area contributed by atoms with E-state index in [1.165, 1.54) is 4.90 Å². The number of nitrogens with zero attached hydrogens (tertiary/aromatic N) is 2. The van der Waals surface area contributed by atoms with Crippen LogP contribution in [0.1, 0.15) is 28.9 Å². The highest BCUT2D eigenvalue weighted by Gasteiger charge is 2.28. The van der Waals surface area contributed by atoms with Crippen LogP contribution in [0.15, 0.2) is 48.5 Å². The maximum Gasteiger partial charge on any atom is 0.253 e. The van der Waals surface area contributed by atoms with Crippen molar-refractivity contribution in [1.82, 2.24) is 10.2 Å². The van der Waals surface area contributed by atoms with Crippen LogP contribution in [0.2, 0.25) is 0 Å². The Kier molecular flexibility index (Phi) is 7.07. The molecule has 2 unspecified atom stereocenters. The lowest BCUT2D eigenvalue weighted by molar-refractivity contribution is -0.129. The summed E-state index contributed by atoms with van der Waals surface area (Å²) in [5.74, 6) is 0.614. The molecular formula is C23H29N3O4. The van der Waals surface area contributed by atoms with Crippen molar-refractivity contribution in [3.63, 3.8) is 0 Å². The van der Waals surface area contributed by atoms with E-state index in [0.717, 1.165) is 11.3 Å². The average Bonchev–Trinajstić information content (AvgIpc) is 2.77. The van der Waals surface area contributed by atoms with Crippen molar-refractivity contribution < 1.29 is 19.1 Å². The van der Waals surface area contributed by atoms with E-state index >= 15 is 0 Å². The molecule has 1 aliphatic heterocycles. The Bertz CT molecular complexity index is 900. The van der Waals surface area contributed by atoms with E-state index in [-0.39, 0.29) is 30.6 Å². The quantitative estimate of drug-likeness (QED) is 0.758. The summed E-state index contributed by atoms with van der Waals surface area (Å²) in [5.41, 5.74) is 2.38. The van der Waals surface area contributed by atoms with Crippen LogP contribution in [-0.4, -0.2) is 63.7 Å². The van der Waals surface area contributed by atoms with Crippen molar-refractivity contribution in [3.8, 4) is 5.75 Å². The van der Waals surface area contributed by atoms with Gasteiger partial charge in [-0.25, -0.2) is 0 Å². The summed E-state index contributed by atoms with van der Waals surface area (Å²) in [6.45, 7) is 3.12. The largest absolute Gasteiger partial charge is 0.497 e. The van der Waals surface area contributed by atoms with E-state index in [0.29, 0.717) is 24.3 Å². The first-order chi connectivity index (χ1) is 14.4. The van der Waals surface area contributed by atoms with Gasteiger partial charge in [0.1, 0.15) is 12.4 Å². The van der Waals surface area contributed by atoms with Crippen molar-refractivity contribution in [2.24, 2.45) is 0 Å². The number of methoxy groups -OCH3 is 1. The maximum atomic E-state index is 12.5. The molecule has 7 nitrogen and oxygen atoms in total. The van der Waals surface area contributed by atoms with E-state index < -0.39 is 0 Å². The molecule has 0 radical (unpaired) electrons. The normalized spacial score (nSPS) is 17.5. The van der Waals surface area contributed by atoms with Crippen molar-refractivity contribution in [3.05, 3.63) is 59.7 Å². The Labute approximate surface area is 177 Å². The lowest BCUT2D eigenvalue weighted by atomic mass is 10.1. The number of nitrogens with one attached hydrogen (secondary N) is 1. The van der Waals surface area contributed by atoms with Crippen molar-refractivity contribution in [2.45, 2.75) is 19.1 Å². The Hall–Kier alpha value is -2.90. The van der Waals surface area contributed by atoms with Gasteiger partial charge in [-0.05, 0) is 42.8 Å². The lowest BCUT2D eigenvalue weighted by Crippen LogP contribution is -2.50. The molecule has 1 fully saturated rings. The van der Waals surface area contributed by atoms with Gasteiger partial charge in [0.05, 0.1) is 19.8 Å². The summed E-state index contributed by atoms with van der Waals surface area (Å²) in [7, 11) is 5.07. The summed E-state index contributed by atoms with van der Waals surface area (Å²) >= 11 is 0. The number of hydrogen-bond acceptors (Lipinski definition) is 5. The number of ether oxygens (including phenoxy) is 2. The van der Waals surface area contributed by atoms with Crippen LogP contribution in [-0.2, 0) is 9.53 Å². The molecule has 1 saturated heterocycles. The van der Waals surface area contributed by atoms with Gasteiger partial charge in [0.25, 0.3) is 11.8 Å². The molecule has 0 spiro atoms. The summed E-state index contributed by atoms with van der Waals surface area (Å²) in [6, 6.07) is 15.2. The van der Waals surface area contributed by atoms with E-state index in [9.17, 15) is 9.59 Å². The zero-order valence-electron chi connectivity index (χ0n) is 17.9. The second kappa shape index (κ2) is 9.73. The highest BCUT2D eigenvalue weighted by molar-refractivity contribution is 5.98. The van der Waals surface area contributed by atoms with Crippen molar-refractivity contribution in [1.29, 1.82) is 0 Å². The second-order valence-electron chi connectivity index (χ2n) is 7.59. The summed E-state index contributed by atoms with van der Waals surface area (Å²) < 4.78 is 11.0. The first kappa shape index (κ1) is 21.8. The molecule has 1 N–H and O–H groups in total. The molecule has 2 aromatic carbocycles. The van der Waals surface area contributed by atoms with Crippen LogP contribution in [0, 0.1) is 0 Å². The number of carbonyl (C=O) groups excluding carboxylic acids is 2. The minimum Gasteiger partial charge on any atom is -0.497 e. The minimum atomic E-state index is -0.149. The van der Waals surface area contributed by atoms with E-state index in [4.69, 9.17) is 9.47 Å². The van der Waals surface area contributed by atoms with Gasteiger partial charge in [0.15, 0.2) is 0 Å². The highest BCUT2D eigenvalue weighted by atomic mass is 16.5. The van der Waals surface area contributed by atoms with Gasteiger partial charge in [0.2, 0.25) is 0 Å². The fraction of sp³-hybridized carbons (Fsp3) is 0.391. The summed E-state index contributed by atoms with van der Waals surface area (Å²) in [6.07, 6.45) is -0.149. The monoisotopic (exact) mass is 411 g/mol. The number of rotatable bonds is 7. The predicted octanol–water partition coefficient (Wildman–Crippen LogP) is 2.48. The number of hydrogen-bond donors (Lipinski definition) is 1. The standard InChI is InChI=1S/C23H29N3O4/c1-16(17-7-6-10-20(12-17)29-4)24-13-21-14-26(22(27)15-30-21)19-9-5-8-18(11-19)23(28)25(2)3/h5-12,16,21,24H,13-15H2,1-4H3. The fourth-order valence-corrected chi connectivity index (χ4v) is 3.40. The molecular weight excluding hydrogens is 382 g/mol. The molecule has 0 saturated carbocycles. The zero-order chi connectivity index (χ0) is 21.7. The van der Waals surface area contributed by atoms with Gasteiger partial charge in [-0.15, -0.1) is 0 Å². The van der Waals surface area contributed by atoms with Crippen LogP contribution in [0.4, 0.5) is 5.69 Å². The van der Waals surface area contributed by atoms with Crippen LogP contribution in [0.25, 0.3) is 0 Å². The molecule has 0 aromatic heterocycles. The lowest BCUT2D eigenvalue weighted by Gasteiger charge is -2.33. The fourth-order valence-electron chi connectivity index (χ4n) is 3.40. The summed E-state index contributed by atoms with van der Waals surface area (Å²) in [5, 5.41) is 3.47. The van der Waals surface area contributed by atoms with Crippen molar-refractivity contribution in [2.75, 3.05) is 45.8 Å². The molecule has 30 heavy (non-hydrogen) atoms. The smallest absolute Gasteiger partial charge is 0.253 e. The van der Waals surface area contributed by atoms with E-state index in [2.05, 4.69) is 12.2 Å². The number of carbonyl (C=O) groups is 2. The summed E-state index contributed by atoms with van der Waals surface area (Å²) in [4.78, 5) is 27.9. The average molecular weight is 412 g/mol. The second-order valence-corrected chi connectivity index (χ2v) is 7.59.